The highest BCUT2D eigenvalue weighted by atomic mass is 15.3. The van der Waals surface area contributed by atoms with Gasteiger partial charge in [0.05, 0.1) is 18.4 Å². The fourth-order valence-corrected chi connectivity index (χ4v) is 1.51. The number of nitrogens with zero attached hydrogens (tertiary/aromatic N) is 4. The molecule has 5 heteroatoms. The van der Waals surface area contributed by atoms with Crippen LogP contribution in [0.4, 0.5) is 5.82 Å². The minimum Gasteiger partial charge on any atom is -0.384 e. The van der Waals surface area contributed by atoms with E-state index in [1.54, 1.807) is 16.9 Å². The number of hydrogen-bond donors (Lipinski definition) is 1. The molecular formula is C10H15N5. The van der Waals surface area contributed by atoms with E-state index in [0.29, 0.717) is 12.4 Å². The van der Waals surface area contributed by atoms with Crippen molar-refractivity contribution in [2.75, 3.05) is 5.73 Å². The molecule has 0 aliphatic rings. The van der Waals surface area contributed by atoms with Crippen LogP contribution in [0.15, 0.2) is 18.5 Å². The van der Waals surface area contributed by atoms with Gasteiger partial charge in [-0.2, -0.15) is 10.2 Å². The van der Waals surface area contributed by atoms with Crippen LogP contribution in [0.2, 0.25) is 0 Å². The molecule has 0 aromatic carbocycles. The lowest BCUT2D eigenvalue weighted by molar-refractivity contribution is 0.651. The Morgan fingerprint density at radius 1 is 1.47 bits per heavy atom. The summed E-state index contributed by atoms with van der Waals surface area (Å²) < 4.78 is 3.69. The summed E-state index contributed by atoms with van der Waals surface area (Å²) in [6.45, 7) is 5.64. The van der Waals surface area contributed by atoms with Gasteiger partial charge >= 0.3 is 0 Å². The lowest BCUT2D eigenvalue weighted by Gasteiger charge is -2.01. The topological polar surface area (TPSA) is 61.7 Å². The fourth-order valence-electron chi connectivity index (χ4n) is 1.51. The lowest BCUT2D eigenvalue weighted by Crippen LogP contribution is -2.05. The van der Waals surface area contributed by atoms with E-state index < -0.39 is 0 Å². The minimum atomic E-state index is 0.679. The number of nitrogen functional groups attached to an aromatic ring is 1. The Balaban J connectivity index is 2.24. The first kappa shape index (κ1) is 9.76. The van der Waals surface area contributed by atoms with E-state index in [4.69, 9.17) is 5.73 Å². The molecule has 0 aliphatic heterocycles. The highest BCUT2D eigenvalue weighted by Gasteiger charge is 2.06. The van der Waals surface area contributed by atoms with Gasteiger partial charge in [0.25, 0.3) is 0 Å². The average molecular weight is 205 g/mol. The smallest absolute Gasteiger partial charge is 0.122 e. The first-order valence-electron chi connectivity index (χ1n) is 5.01. The molecule has 0 unspecified atom stereocenters. The van der Waals surface area contributed by atoms with E-state index >= 15 is 0 Å². The van der Waals surface area contributed by atoms with E-state index in [-0.39, 0.29) is 0 Å². The second-order valence-electron chi connectivity index (χ2n) is 3.51. The summed E-state index contributed by atoms with van der Waals surface area (Å²) >= 11 is 0. The molecule has 2 N–H and O–H groups in total. The van der Waals surface area contributed by atoms with Crippen LogP contribution in [-0.4, -0.2) is 19.6 Å². The number of aromatic nitrogens is 4. The van der Waals surface area contributed by atoms with Crippen molar-refractivity contribution in [2.45, 2.75) is 26.9 Å². The summed E-state index contributed by atoms with van der Waals surface area (Å²) in [4.78, 5) is 0. The van der Waals surface area contributed by atoms with Crippen LogP contribution in [0.3, 0.4) is 0 Å². The van der Waals surface area contributed by atoms with Gasteiger partial charge in [-0.05, 0) is 19.9 Å². The molecule has 0 saturated heterocycles. The molecule has 0 radical (unpaired) electrons. The summed E-state index contributed by atoms with van der Waals surface area (Å²) in [6.07, 6.45) is 3.74. The molecular weight excluding hydrogens is 190 g/mol. The van der Waals surface area contributed by atoms with Gasteiger partial charge in [-0.1, -0.05) is 0 Å². The second kappa shape index (κ2) is 3.76. The number of hydrogen-bond acceptors (Lipinski definition) is 3. The van der Waals surface area contributed by atoms with E-state index in [0.717, 1.165) is 17.8 Å². The Bertz CT molecular complexity index is 454. The molecule has 0 spiro atoms. The highest BCUT2D eigenvalue weighted by Crippen LogP contribution is 2.10. The number of anilines is 1. The van der Waals surface area contributed by atoms with Crippen molar-refractivity contribution in [2.24, 2.45) is 0 Å². The number of aryl methyl sites for hydroxylation is 2. The van der Waals surface area contributed by atoms with Crippen LogP contribution in [0.5, 0.6) is 0 Å². The zero-order valence-corrected chi connectivity index (χ0v) is 9.01. The van der Waals surface area contributed by atoms with Crippen molar-refractivity contribution in [1.29, 1.82) is 0 Å². The van der Waals surface area contributed by atoms with Gasteiger partial charge in [-0.15, -0.1) is 0 Å². The highest BCUT2D eigenvalue weighted by molar-refractivity contribution is 5.28. The minimum absolute atomic E-state index is 0.679. The maximum Gasteiger partial charge on any atom is 0.122 e. The standard InChI is InChI=1S/C10H15N5/c1-3-14-6-9(8(2)13-14)7-15-10(11)4-5-12-15/h4-6H,3,7,11H2,1-2H3. The Kier molecular flexibility index (Phi) is 2.45. The Hall–Kier alpha value is -1.78. The van der Waals surface area contributed by atoms with Gasteiger partial charge < -0.3 is 5.73 Å². The van der Waals surface area contributed by atoms with Gasteiger partial charge in [-0.3, -0.25) is 4.68 Å². The van der Waals surface area contributed by atoms with Crippen LogP contribution < -0.4 is 5.73 Å². The molecule has 2 heterocycles. The Labute approximate surface area is 88.5 Å². The van der Waals surface area contributed by atoms with E-state index in [2.05, 4.69) is 17.1 Å². The van der Waals surface area contributed by atoms with Crippen LogP contribution in [0, 0.1) is 6.92 Å². The molecule has 0 saturated carbocycles. The molecule has 0 fully saturated rings. The van der Waals surface area contributed by atoms with Gasteiger partial charge in [0.15, 0.2) is 0 Å². The van der Waals surface area contributed by atoms with Gasteiger partial charge in [0.1, 0.15) is 5.82 Å². The molecule has 0 atom stereocenters. The zero-order chi connectivity index (χ0) is 10.8. The third kappa shape index (κ3) is 1.86. The maximum atomic E-state index is 5.75. The summed E-state index contributed by atoms with van der Waals surface area (Å²) in [7, 11) is 0. The van der Waals surface area contributed by atoms with Crippen molar-refractivity contribution in [3.8, 4) is 0 Å². The van der Waals surface area contributed by atoms with Crippen molar-refractivity contribution in [1.82, 2.24) is 19.6 Å². The third-order valence-electron chi connectivity index (χ3n) is 2.44. The van der Waals surface area contributed by atoms with Crippen molar-refractivity contribution < 1.29 is 0 Å². The third-order valence-corrected chi connectivity index (χ3v) is 2.44. The second-order valence-corrected chi connectivity index (χ2v) is 3.51. The van der Waals surface area contributed by atoms with Crippen LogP contribution in [0.25, 0.3) is 0 Å². The van der Waals surface area contributed by atoms with Crippen molar-refractivity contribution in [3.63, 3.8) is 0 Å². The summed E-state index contributed by atoms with van der Waals surface area (Å²) in [6, 6.07) is 1.79. The van der Waals surface area contributed by atoms with Gasteiger partial charge in [0, 0.05) is 18.3 Å². The lowest BCUT2D eigenvalue weighted by atomic mass is 10.3. The summed E-state index contributed by atoms with van der Waals surface area (Å²) in [5.74, 6) is 0.679. The largest absolute Gasteiger partial charge is 0.384 e. The predicted molar refractivity (Wildman–Crippen MR) is 58.4 cm³/mol. The molecule has 2 rings (SSSR count). The fraction of sp³-hybridized carbons (Fsp3) is 0.400. The molecule has 15 heavy (non-hydrogen) atoms. The van der Waals surface area contributed by atoms with Crippen LogP contribution >= 0.6 is 0 Å². The molecule has 0 amide bonds. The summed E-state index contributed by atoms with van der Waals surface area (Å²) in [5.41, 5.74) is 7.94. The van der Waals surface area contributed by atoms with Crippen molar-refractivity contribution >= 4 is 5.82 Å². The first-order valence-corrected chi connectivity index (χ1v) is 5.01. The maximum absolute atomic E-state index is 5.75. The summed E-state index contributed by atoms with van der Waals surface area (Å²) in [5, 5.41) is 8.52. The van der Waals surface area contributed by atoms with E-state index in [1.807, 2.05) is 17.8 Å². The molecule has 0 aliphatic carbocycles. The molecule has 2 aromatic rings. The first-order chi connectivity index (χ1) is 7.20. The monoisotopic (exact) mass is 205 g/mol. The van der Waals surface area contributed by atoms with Crippen LogP contribution in [0.1, 0.15) is 18.2 Å². The number of nitrogens with two attached hydrogens (primary N) is 1. The number of rotatable bonds is 3. The quantitative estimate of drug-likeness (QED) is 0.814. The normalized spacial score (nSPS) is 10.8. The average Bonchev–Trinajstić information content (AvgIpc) is 2.76. The van der Waals surface area contributed by atoms with Crippen LogP contribution in [-0.2, 0) is 13.1 Å². The zero-order valence-electron chi connectivity index (χ0n) is 9.01. The molecule has 2 aromatic heterocycles. The van der Waals surface area contributed by atoms with Crippen molar-refractivity contribution in [3.05, 3.63) is 29.7 Å². The molecule has 0 bridgehead atoms. The SMILES string of the molecule is CCn1cc(Cn2nccc2N)c(C)n1. The van der Waals surface area contributed by atoms with Gasteiger partial charge in [0.2, 0.25) is 0 Å². The Morgan fingerprint density at radius 3 is 2.80 bits per heavy atom. The Morgan fingerprint density at radius 2 is 2.27 bits per heavy atom. The predicted octanol–water partition coefficient (Wildman–Crippen LogP) is 1.04. The van der Waals surface area contributed by atoms with E-state index in [9.17, 15) is 0 Å². The molecule has 5 nitrogen and oxygen atoms in total. The van der Waals surface area contributed by atoms with Gasteiger partial charge in [-0.25, -0.2) is 4.68 Å². The van der Waals surface area contributed by atoms with E-state index in [1.165, 1.54) is 0 Å². The molecule has 80 valence electrons.